The molecule has 0 aromatic heterocycles. The molecule has 1 unspecified atom stereocenters. The molecule has 1 atom stereocenters. The zero-order valence-electron chi connectivity index (χ0n) is 10.8. The second-order valence-electron chi connectivity index (χ2n) is 4.64. The number of benzene rings is 1. The molecule has 1 aromatic rings. The van der Waals surface area contributed by atoms with Crippen LogP contribution in [0.1, 0.15) is 12.0 Å². The Morgan fingerprint density at radius 3 is 2.65 bits per heavy atom. The Morgan fingerprint density at radius 2 is 2.15 bits per heavy atom. The fraction of sp³-hybridized carbons (Fsp3) is 0.462. The molecule has 1 aliphatic heterocycles. The largest absolute Gasteiger partial charge is 0.496 e. The molecule has 110 valence electrons. The predicted molar refractivity (Wildman–Crippen MR) is 65.5 cm³/mol. The van der Waals surface area contributed by atoms with E-state index in [-0.39, 0.29) is 30.6 Å². The third-order valence-corrected chi connectivity index (χ3v) is 3.27. The Kier molecular flexibility index (Phi) is 3.89. The van der Waals surface area contributed by atoms with E-state index >= 15 is 0 Å². The monoisotopic (exact) mass is 289 g/mol. The van der Waals surface area contributed by atoms with Gasteiger partial charge in [0.25, 0.3) is 0 Å². The molecule has 20 heavy (non-hydrogen) atoms. The van der Waals surface area contributed by atoms with Gasteiger partial charge in [0.1, 0.15) is 5.75 Å². The fourth-order valence-electron chi connectivity index (χ4n) is 2.24. The molecule has 1 saturated heterocycles. The molecular weight excluding hydrogens is 275 g/mol. The van der Waals surface area contributed by atoms with Gasteiger partial charge in [0, 0.05) is 37.2 Å². The minimum atomic E-state index is -4.51. The minimum absolute atomic E-state index is 0.125. The number of nitrogens with zero attached hydrogens (tertiary/aromatic N) is 1. The summed E-state index contributed by atoms with van der Waals surface area (Å²) in [6.45, 7) is 0.170. The van der Waals surface area contributed by atoms with Crippen molar-refractivity contribution in [1.82, 2.24) is 0 Å². The van der Waals surface area contributed by atoms with Gasteiger partial charge in [0.15, 0.2) is 0 Å². The van der Waals surface area contributed by atoms with E-state index in [0.29, 0.717) is 12.2 Å². The van der Waals surface area contributed by atoms with Crippen LogP contribution in [0.2, 0.25) is 0 Å². The highest BCUT2D eigenvalue weighted by Crippen LogP contribution is 2.39. The SMILES string of the molecule is COc1cc(N2CC(CO)CC2=O)ccc1C(F)(F)F. The number of carbonyl (C=O) groups is 1. The summed E-state index contributed by atoms with van der Waals surface area (Å²) in [4.78, 5) is 13.1. The number of halogens is 3. The van der Waals surface area contributed by atoms with Crippen LogP contribution in [-0.2, 0) is 11.0 Å². The first-order chi connectivity index (χ1) is 9.36. The van der Waals surface area contributed by atoms with Crippen LogP contribution in [0.15, 0.2) is 18.2 Å². The van der Waals surface area contributed by atoms with Crippen LogP contribution in [0.3, 0.4) is 0 Å². The Morgan fingerprint density at radius 1 is 1.45 bits per heavy atom. The van der Waals surface area contributed by atoms with Crippen molar-refractivity contribution in [3.8, 4) is 5.75 Å². The summed E-state index contributed by atoms with van der Waals surface area (Å²) in [5, 5.41) is 9.05. The lowest BCUT2D eigenvalue weighted by Gasteiger charge is -2.19. The molecule has 1 aliphatic rings. The van der Waals surface area contributed by atoms with E-state index in [0.717, 1.165) is 13.2 Å². The van der Waals surface area contributed by atoms with Gasteiger partial charge in [-0.2, -0.15) is 13.2 Å². The van der Waals surface area contributed by atoms with Crippen molar-refractivity contribution in [2.24, 2.45) is 5.92 Å². The quantitative estimate of drug-likeness (QED) is 0.926. The Bertz CT molecular complexity index is 516. The molecular formula is C13H14F3NO3. The van der Waals surface area contributed by atoms with Gasteiger partial charge < -0.3 is 14.7 Å². The topological polar surface area (TPSA) is 49.8 Å². The summed E-state index contributed by atoms with van der Waals surface area (Å²) in [5.41, 5.74) is -0.537. The normalized spacial score (nSPS) is 19.6. The smallest absolute Gasteiger partial charge is 0.419 e. The fourth-order valence-corrected chi connectivity index (χ4v) is 2.24. The zero-order chi connectivity index (χ0) is 14.9. The van der Waals surface area contributed by atoms with Crippen LogP contribution in [0.4, 0.5) is 18.9 Å². The van der Waals surface area contributed by atoms with Gasteiger partial charge in [-0.25, -0.2) is 0 Å². The third kappa shape index (κ3) is 2.72. The highest BCUT2D eigenvalue weighted by atomic mass is 19.4. The van der Waals surface area contributed by atoms with Gasteiger partial charge >= 0.3 is 6.18 Å². The van der Waals surface area contributed by atoms with Crippen LogP contribution >= 0.6 is 0 Å². The van der Waals surface area contributed by atoms with Gasteiger partial charge in [-0.3, -0.25) is 4.79 Å². The molecule has 1 fully saturated rings. The Labute approximate surface area is 113 Å². The van der Waals surface area contributed by atoms with E-state index in [9.17, 15) is 18.0 Å². The van der Waals surface area contributed by atoms with Gasteiger partial charge in [-0.15, -0.1) is 0 Å². The van der Waals surface area contributed by atoms with Gasteiger partial charge in [-0.1, -0.05) is 0 Å². The van der Waals surface area contributed by atoms with Crippen molar-refractivity contribution in [3.05, 3.63) is 23.8 Å². The summed E-state index contributed by atoms with van der Waals surface area (Å²) in [7, 11) is 1.15. The van der Waals surface area contributed by atoms with E-state index in [1.54, 1.807) is 0 Å². The first-order valence-corrected chi connectivity index (χ1v) is 6.03. The maximum absolute atomic E-state index is 12.7. The van der Waals surface area contributed by atoms with Gasteiger partial charge in [-0.05, 0) is 12.1 Å². The summed E-state index contributed by atoms with van der Waals surface area (Å²) in [5.74, 6) is -0.725. The van der Waals surface area contributed by atoms with E-state index < -0.39 is 11.7 Å². The molecule has 0 saturated carbocycles. The number of hydrogen-bond acceptors (Lipinski definition) is 3. The number of rotatable bonds is 3. The summed E-state index contributed by atoms with van der Waals surface area (Å²) in [6, 6.07) is 3.33. The minimum Gasteiger partial charge on any atom is -0.496 e. The highest BCUT2D eigenvalue weighted by molar-refractivity contribution is 5.96. The molecule has 4 nitrogen and oxygen atoms in total. The summed E-state index contributed by atoms with van der Waals surface area (Å²) >= 11 is 0. The Hall–Kier alpha value is -1.76. The lowest BCUT2D eigenvalue weighted by molar-refractivity contribution is -0.138. The average molecular weight is 289 g/mol. The van der Waals surface area contributed by atoms with Gasteiger partial charge in [0.05, 0.1) is 12.7 Å². The van der Waals surface area contributed by atoms with Crippen molar-refractivity contribution in [2.45, 2.75) is 12.6 Å². The number of alkyl halides is 3. The van der Waals surface area contributed by atoms with Crippen LogP contribution in [-0.4, -0.2) is 31.3 Å². The lowest BCUT2D eigenvalue weighted by atomic mass is 10.1. The molecule has 0 aliphatic carbocycles. The summed E-state index contributed by atoms with van der Waals surface area (Å²) < 4.78 is 43.0. The second-order valence-corrected chi connectivity index (χ2v) is 4.64. The van der Waals surface area contributed by atoms with E-state index in [2.05, 4.69) is 0 Å². The average Bonchev–Trinajstić information content (AvgIpc) is 2.78. The molecule has 1 N–H and O–H groups in total. The molecule has 2 rings (SSSR count). The van der Waals surface area contributed by atoms with Crippen molar-refractivity contribution >= 4 is 11.6 Å². The number of hydrogen-bond donors (Lipinski definition) is 1. The maximum atomic E-state index is 12.7. The number of aliphatic hydroxyl groups is 1. The highest BCUT2D eigenvalue weighted by Gasteiger charge is 2.36. The molecule has 7 heteroatoms. The van der Waals surface area contributed by atoms with Crippen LogP contribution in [0, 0.1) is 5.92 Å². The van der Waals surface area contributed by atoms with Crippen LogP contribution in [0.25, 0.3) is 0 Å². The van der Waals surface area contributed by atoms with Crippen LogP contribution in [0.5, 0.6) is 5.75 Å². The van der Waals surface area contributed by atoms with E-state index in [1.165, 1.54) is 17.0 Å². The van der Waals surface area contributed by atoms with Gasteiger partial charge in [0.2, 0.25) is 5.91 Å². The van der Waals surface area contributed by atoms with Crippen molar-refractivity contribution in [1.29, 1.82) is 0 Å². The number of anilines is 1. The first kappa shape index (κ1) is 14.6. The second kappa shape index (κ2) is 5.32. The van der Waals surface area contributed by atoms with Crippen molar-refractivity contribution in [3.63, 3.8) is 0 Å². The molecule has 0 spiro atoms. The number of ether oxygens (including phenoxy) is 1. The number of carbonyl (C=O) groups excluding carboxylic acids is 1. The van der Waals surface area contributed by atoms with Crippen molar-refractivity contribution in [2.75, 3.05) is 25.2 Å². The standard InChI is InChI=1S/C13H14F3NO3/c1-20-11-5-9(2-3-10(11)13(14,15)16)17-6-8(7-18)4-12(17)19/h2-3,5,8,18H,4,6-7H2,1H3. The molecule has 0 radical (unpaired) electrons. The number of aliphatic hydroxyl groups excluding tert-OH is 1. The summed E-state index contributed by atoms with van der Waals surface area (Å²) in [6.07, 6.45) is -4.31. The number of methoxy groups -OCH3 is 1. The number of amides is 1. The maximum Gasteiger partial charge on any atom is 0.419 e. The lowest BCUT2D eigenvalue weighted by Crippen LogP contribution is -2.25. The third-order valence-electron chi connectivity index (χ3n) is 3.27. The molecule has 1 amide bonds. The van der Waals surface area contributed by atoms with E-state index in [4.69, 9.17) is 9.84 Å². The van der Waals surface area contributed by atoms with Crippen molar-refractivity contribution < 1.29 is 27.8 Å². The first-order valence-electron chi connectivity index (χ1n) is 6.03. The molecule has 1 aromatic carbocycles. The zero-order valence-corrected chi connectivity index (χ0v) is 10.8. The van der Waals surface area contributed by atoms with E-state index in [1.807, 2.05) is 0 Å². The molecule has 0 bridgehead atoms. The predicted octanol–water partition coefficient (Wildman–Crippen LogP) is 2.06. The Balaban J connectivity index is 2.33. The molecule has 1 heterocycles. The van der Waals surface area contributed by atoms with Crippen LogP contribution < -0.4 is 9.64 Å².